The number of methoxy groups -OCH3 is 2. The van der Waals surface area contributed by atoms with E-state index >= 15 is 0 Å². The Morgan fingerprint density at radius 3 is 1.91 bits per heavy atom. The third kappa shape index (κ3) is 14.6. The normalized spacial score (nSPS) is 24.1. The molecule has 8 rings (SSSR count). The van der Waals surface area contributed by atoms with Crippen LogP contribution in [0.25, 0.3) is 0 Å². The Morgan fingerprint density at radius 1 is 0.722 bits per heavy atom. The summed E-state index contributed by atoms with van der Waals surface area (Å²) in [7, 11) is 3.25. The molecule has 11 heteroatoms. The van der Waals surface area contributed by atoms with Crippen LogP contribution in [0.4, 0.5) is 10.5 Å². The first-order valence-electron chi connectivity index (χ1n) is 29.9. The monoisotopic (exact) mass is 1080 g/mol. The third-order valence-electron chi connectivity index (χ3n) is 19.1. The van der Waals surface area contributed by atoms with E-state index in [2.05, 4.69) is 71.7 Å². The van der Waals surface area contributed by atoms with Crippen LogP contribution in [0.2, 0.25) is 0 Å². The van der Waals surface area contributed by atoms with Gasteiger partial charge in [0.05, 0.1) is 33.7 Å². The smallest absolute Gasteiger partial charge is 0.411 e. The van der Waals surface area contributed by atoms with Crippen molar-refractivity contribution in [3.8, 4) is 11.5 Å². The van der Waals surface area contributed by atoms with Crippen molar-refractivity contribution >= 4 is 23.7 Å². The fourth-order valence-corrected chi connectivity index (χ4v) is 14.6. The number of anilines is 1. The number of hydrogen-bond donors (Lipinski definition) is 2. The van der Waals surface area contributed by atoms with E-state index in [9.17, 15) is 19.5 Å². The summed E-state index contributed by atoms with van der Waals surface area (Å²) in [6.07, 6.45) is 14.0. The number of nitrogens with one attached hydrogen (secondary N) is 1. The minimum Gasteiger partial charge on any atom is -0.497 e. The number of aliphatic carboxylic acids is 1. The number of rotatable bonds is 24. The van der Waals surface area contributed by atoms with Gasteiger partial charge in [-0.3, -0.25) is 14.9 Å². The maximum absolute atomic E-state index is 13.5. The van der Waals surface area contributed by atoms with Gasteiger partial charge in [-0.2, -0.15) is 0 Å². The molecule has 0 radical (unpaired) electrons. The quantitative estimate of drug-likeness (QED) is 0.0397. The number of fused-ring (bicyclic) bond motifs is 5. The molecule has 430 valence electrons. The summed E-state index contributed by atoms with van der Waals surface area (Å²) in [5.41, 5.74) is 4.81. The summed E-state index contributed by atoms with van der Waals surface area (Å²) in [6.45, 7) is 22.7. The Hall–Kier alpha value is -5.65. The number of ether oxygens (including phenoxy) is 5. The van der Waals surface area contributed by atoms with Gasteiger partial charge in [0.25, 0.3) is 0 Å². The summed E-state index contributed by atoms with van der Waals surface area (Å²) in [5, 5.41) is 12.3. The molecule has 79 heavy (non-hydrogen) atoms. The highest BCUT2D eigenvalue weighted by atomic mass is 16.6. The number of benzene rings is 4. The number of esters is 1. The largest absolute Gasteiger partial charge is 0.497 e. The van der Waals surface area contributed by atoms with E-state index in [1.165, 1.54) is 70.2 Å². The molecule has 9 atom stereocenters. The number of carbonyl (C=O) groups excluding carboxylic acids is 2. The van der Waals surface area contributed by atoms with E-state index in [0.29, 0.717) is 34.1 Å². The lowest BCUT2D eigenvalue weighted by Crippen LogP contribution is -2.51. The van der Waals surface area contributed by atoms with Gasteiger partial charge in [0.15, 0.2) is 0 Å². The summed E-state index contributed by atoms with van der Waals surface area (Å²) in [5.74, 6) is 4.35. The first-order chi connectivity index (χ1) is 38.0. The molecule has 0 heterocycles. The van der Waals surface area contributed by atoms with Crippen molar-refractivity contribution < 1.29 is 43.2 Å². The maximum Gasteiger partial charge on any atom is 0.411 e. The summed E-state index contributed by atoms with van der Waals surface area (Å²) in [6, 6.07) is 32.6. The van der Waals surface area contributed by atoms with Crippen LogP contribution in [0.3, 0.4) is 0 Å². The van der Waals surface area contributed by atoms with Crippen LogP contribution in [0, 0.1) is 46.3 Å². The molecule has 3 saturated carbocycles. The zero-order valence-corrected chi connectivity index (χ0v) is 49.4. The van der Waals surface area contributed by atoms with Gasteiger partial charge in [0, 0.05) is 18.5 Å². The standard InChI is InChI=1S/C62H79NO9.C6H15N/c1-41(2)12-11-13-42(3)53-30-31-54-52-29-22-47-40-51(34-37-60(47,4)55(52)35-38-61(53,54)5)71-59(67)63-48-23-16-43(17-24-48)56(72-58(66)33-32-57(64)65)36-39-70-62(44-14-9-8-10-15-44,45-18-25-49(68-6)26-19-45)46-20-27-50(69-7)28-21-46;1-4-7(5-2)6-3/h8-10,14-28,41-42,51-56H,11-13,29-40H2,1-7H3,(H,63,67)(H,64,65);4-6H2,1-3H3/t42-,51+,52+,53-,54+,55+,56?,60+,61-;/m1./s1. The minimum absolute atomic E-state index is 0.132. The number of nitrogens with zero attached hydrogens (tertiary/aromatic N) is 1. The minimum atomic E-state index is -1.10. The summed E-state index contributed by atoms with van der Waals surface area (Å²) < 4.78 is 30.3. The number of amides is 1. The number of carbonyl (C=O) groups is 3. The van der Waals surface area contributed by atoms with Crippen LogP contribution in [0.1, 0.15) is 174 Å². The zero-order chi connectivity index (χ0) is 56.7. The van der Waals surface area contributed by atoms with Crippen molar-refractivity contribution in [1.82, 2.24) is 4.90 Å². The molecule has 0 aliphatic heterocycles. The number of carboxylic acid groups (broad SMARTS) is 1. The first-order valence-corrected chi connectivity index (χ1v) is 29.9. The molecule has 0 saturated heterocycles. The molecule has 0 bridgehead atoms. The molecular formula is C68H94N2O9. The van der Waals surface area contributed by atoms with E-state index in [4.69, 9.17) is 23.7 Å². The Morgan fingerprint density at radius 2 is 1.34 bits per heavy atom. The zero-order valence-electron chi connectivity index (χ0n) is 49.4. The molecule has 11 nitrogen and oxygen atoms in total. The Kier molecular flexibility index (Phi) is 21.7. The van der Waals surface area contributed by atoms with Crippen LogP contribution < -0.4 is 14.8 Å². The van der Waals surface area contributed by atoms with Gasteiger partial charge in [-0.1, -0.05) is 153 Å². The molecule has 0 aromatic heterocycles. The van der Waals surface area contributed by atoms with Crippen molar-refractivity contribution in [3.05, 3.63) is 137 Å². The Labute approximate surface area is 473 Å². The van der Waals surface area contributed by atoms with E-state index in [-0.39, 0.29) is 37.4 Å². The summed E-state index contributed by atoms with van der Waals surface area (Å²) >= 11 is 0. The van der Waals surface area contributed by atoms with Crippen molar-refractivity contribution in [1.29, 1.82) is 0 Å². The molecule has 1 amide bonds. The highest BCUT2D eigenvalue weighted by molar-refractivity contribution is 5.84. The van der Waals surface area contributed by atoms with E-state index in [1.807, 2.05) is 91.0 Å². The topological polar surface area (TPSA) is 133 Å². The lowest BCUT2D eigenvalue weighted by Gasteiger charge is -2.58. The Balaban J connectivity index is 0.00000121. The number of allylic oxidation sites excluding steroid dienone is 1. The first kappa shape index (κ1) is 61.0. The van der Waals surface area contributed by atoms with E-state index in [0.717, 1.165) is 72.0 Å². The third-order valence-corrected chi connectivity index (χ3v) is 19.1. The molecule has 4 aromatic rings. The highest BCUT2D eigenvalue weighted by Gasteiger charge is 2.59. The van der Waals surface area contributed by atoms with Crippen LogP contribution in [-0.2, 0) is 29.4 Å². The lowest BCUT2D eigenvalue weighted by atomic mass is 9.47. The summed E-state index contributed by atoms with van der Waals surface area (Å²) in [4.78, 5) is 40.5. The van der Waals surface area contributed by atoms with Crippen molar-refractivity contribution in [2.24, 2.45) is 46.3 Å². The van der Waals surface area contributed by atoms with Gasteiger partial charge in [0.1, 0.15) is 29.3 Å². The van der Waals surface area contributed by atoms with Gasteiger partial charge in [-0.05, 0) is 170 Å². The van der Waals surface area contributed by atoms with Gasteiger partial charge >= 0.3 is 18.0 Å². The van der Waals surface area contributed by atoms with Crippen molar-refractivity contribution in [3.63, 3.8) is 0 Å². The second-order valence-corrected chi connectivity index (χ2v) is 23.9. The molecule has 4 aliphatic rings. The van der Waals surface area contributed by atoms with Gasteiger partial charge < -0.3 is 33.7 Å². The molecule has 3 fully saturated rings. The second kappa shape index (κ2) is 28.2. The number of hydrogen-bond acceptors (Lipinski definition) is 9. The van der Waals surface area contributed by atoms with E-state index in [1.54, 1.807) is 26.4 Å². The SMILES string of the molecule is CCN(CC)CC.COc1ccc(C(OCCC(OC(=O)CCC(=O)O)c2ccc(NC(=O)O[C@H]3CC[C@@]4(C)C(=CC[C@H]5[C@@H]6CC[C@H]([C@H](C)CCCC(C)C)[C@@]6(C)CC[C@@H]54)C3)cc2)(c2ccccc2)c2ccc(OC)cc2)cc1. The molecule has 4 aliphatic carbocycles. The highest BCUT2D eigenvalue weighted by Crippen LogP contribution is 2.67. The fraction of sp³-hybridized carbons (Fsp3) is 0.574. The lowest BCUT2D eigenvalue weighted by molar-refractivity contribution is -0.153. The molecule has 1 unspecified atom stereocenters. The van der Waals surface area contributed by atoms with E-state index < -0.39 is 29.7 Å². The van der Waals surface area contributed by atoms with Crippen LogP contribution in [0.5, 0.6) is 11.5 Å². The Bertz CT molecular complexity index is 2520. The predicted octanol–water partition coefficient (Wildman–Crippen LogP) is 15.9. The molecule has 2 N–H and O–H groups in total. The average molecular weight is 1080 g/mol. The van der Waals surface area contributed by atoms with Gasteiger partial charge in [-0.25, -0.2) is 4.79 Å². The van der Waals surface area contributed by atoms with Crippen LogP contribution in [-0.4, -0.2) is 74.6 Å². The van der Waals surface area contributed by atoms with Crippen molar-refractivity contribution in [2.75, 3.05) is 45.8 Å². The van der Waals surface area contributed by atoms with Gasteiger partial charge in [0.2, 0.25) is 0 Å². The maximum atomic E-state index is 13.5. The fourth-order valence-electron chi connectivity index (χ4n) is 14.6. The van der Waals surface area contributed by atoms with Gasteiger partial charge in [-0.15, -0.1) is 0 Å². The van der Waals surface area contributed by atoms with Crippen molar-refractivity contribution in [2.45, 2.75) is 163 Å². The molecule has 4 aromatic carbocycles. The average Bonchev–Trinajstić information content (AvgIpc) is 4.01. The number of carboxylic acids is 1. The molecule has 0 spiro atoms. The predicted molar refractivity (Wildman–Crippen MR) is 315 cm³/mol. The van der Waals surface area contributed by atoms with Crippen LogP contribution in [0.15, 0.2) is 115 Å². The second-order valence-electron chi connectivity index (χ2n) is 23.9. The molecular weight excluding hydrogens is 989 g/mol. The van der Waals surface area contributed by atoms with Crippen LogP contribution >= 0.6 is 0 Å².